The molecule has 6 heteroatoms. The Morgan fingerprint density at radius 1 is 1.50 bits per heavy atom. The maximum atomic E-state index is 11.7. The van der Waals surface area contributed by atoms with Crippen LogP contribution in [-0.4, -0.2) is 20.2 Å². The number of H-pyrrole nitrogens is 2. The van der Waals surface area contributed by atoms with Crippen molar-refractivity contribution >= 4 is 0 Å². The van der Waals surface area contributed by atoms with Gasteiger partial charge in [0.25, 0.3) is 5.56 Å². The number of rotatable bonds is 3. The van der Waals surface area contributed by atoms with Crippen LogP contribution in [0.2, 0.25) is 0 Å². The van der Waals surface area contributed by atoms with Gasteiger partial charge in [-0.2, -0.15) is 0 Å². The lowest BCUT2D eigenvalue weighted by atomic mass is 10.2. The predicted octanol–water partition coefficient (Wildman–Crippen LogP) is 0.570. The van der Waals surface area contributed by atoms with Gasteiger partial charge in [0.2, 0.25) is 0 Å². The molecule has 0 aliphatic carbocycles. The molecule has 0 amide bonds. The van der Waals surface area contributed by atoms with Gasteiger partial charge < -0.3 is 15.7 Å². The maximum Gasteiger partial charge on any atom is 0.274 e. The van der Waals surface area contributed by atoms with Crippen LogP contribution < -0.4 is 11.3 Å². The van der Waals surface area contributed by atoms with Gasteiger partial charge in [-0.25, -0.2) is 0 Å². The van der Waals surface area contributed by atoms with E-state index in [4.69, 9.17) is 5.73 Å². The Labute approximate surface area is 91.9 Å². The minimum absolute atomic E-state index is 0.276. The van der Waals surface area contributed by atoms with Gasteiger partial charge in [-0.15, -0.1) is 10.2 Å². The number of hydrogen-bond acceptors (Lipinski definition) is 4. The van der Waals surface area contributed by atoms with E-state index in [1.807, 2.05) is 13.0 Å². The molecule has 0 aromatic carbocycles. The van der Waals surface area contributed by atoms with Crippen LogP contribution in [0, 0.1) is 0 Å². The Balaban J connectivity index is 2.41. The van der Waals surface area contributed by atoms with Crippen LogP contribution in [0.25, 0.3) is 11.5 Å². The van der Waals surface area contributed by atoms with E-state index in [2.05, 4.69) is 20.2 Å². The lowest BCUT2D eigenvalue weighted by molar-refractivity contribution is 0.645. The maximum absolute atomic E-state index is 11.7. The normalized spacial score (nSPS) is 12.6. The summed E-state index contributed by atoms with van der Waals surface area (Å²) >= 11 is 0. The molecule has 2 aromatic rings. The smallest absolute Gasteiger partial charge is 0.274 e. The second kappa shape index (κ2) is 4.28. The summed E-state index contributed by atoms with van der Waals surface area (Å²) in [6.07, 6.45) is 2.40. The fourth-order valence-electron chi connectivity index (χ4n) is 1.38. The first kappa shape index (κ1) is 10.6. The molecule has 0 spiro atoms. The molecule has 0 aliphatic rings. The van der Waals surface area contributed by atoms with Crippen molar-refractivity contribution < 1.29 is 0 Å². The molecule has 16 heavy (non-hydrogen) atoms. The van der Waals surface area contributed by atoms with E-state index >= 15 is 0 Å². The molecule has 6 nitrogen and oxygen atoms in total. The third-order valence-corrected chi connectivity index (χ3v) is 2.37. The fourth-order valence-corrected chi connectivity index (χ4v) is 1.38. The van der Waals surface area contributed by atoms with Gasteiger partial charge in [0.1, 0.15) is 5.69 Å². The van der Waals surface area contributed by atoms with Crippen LogP contribution >= 0.6 is 0 Å². The van der Waals surface area contributed by atoms with Gasteiger partial charge in [0.15, 0.2) is 5.82 Å². The van der Waals surface area contributed by atoms with Crippen LogP contribution in [0.15, 0.2) is 23.1 Å². The van der Waals surface area contributed by atoms with Crippen LogP contribution in [0.3, 0.4) is 0 Å². The second-order valence-corrected chi connectivity index (χ2v) is 3.49. The van der Waals surface area contributed by atoms with Crippen molar-refractivity contribution in [2.45, 2.75) is 19.4 Å². The lowest BCUT2D eigenvalue weighted by Crippen LogP contribution is -2.24. The molecule has 2 aromatic heterocycles. The van der Waals surface area contributed by atoms with Crippen molar-refractivity contribution in [2.75, 3.05) is 0 Å². The minimum Gasteiger partial charge on any atom is -0.359 e. The summed E-state index contributed by atoms with van der Waals surface area (Å²) in [4.78, 5) is 17.3. The van der Waals surface area contributed by atoms with Crippen molar-refractivity contribution in [3.8, 4) is 11.5 Å². The number of hydrogen-bond donors (Lipinski definition) is 3. The van der Waals surface area contributed by atoms with E-state index in [9.17, 15) is 4.79 Å². The highest BCUT2D eigenvalue weighted by atomic mass is 16.1. The van der Waals surface area contributed by atoms with Gasteiger partial charge in [0.05, 0.1) is 11.7 Å². The van der Waals surface area contributed by atoms with Crippen LogP contribution in [0.4, 0.5) is 0 Å². The first-order chi connectivity index (χ1) is 7.72. The highest BCUT2D eigenvalue weighted by Gasteiger charge is 2.12. The fraction of sp³-hybridized carbons (Fsp3) is 0.300. The first-order valence-electron chi connectivity index (χ1n) is 5.08. The zero-order chi connectivity index (χ0) is 11.5. The number of nitrogens with two attached hydrogens (primary N) is 1. The minimum atomic E-state index is -0.367. The summed E-state index contributed by atoms with van der Waals surface area (Å²) in [6, 6.07) is 3.26. The molecule has 0 fully saturated rings. The molecule has 0 saturated carbocycles. The monoisotopic (exact) mass is 219 g/mol. The number of aromatic amines is 2. The molecule has 4 N–H and O–H groups in total. The number of nitrogens with zero attached hydrogens (tertiary/aromatic N) is 2. The van der Waals surface area contributed by atoms with E-state index < -0.39 is 0 Å². The average molecular weight is 219 g/mol. The van der Waals surface area contributed by atoms with Gasteiger partial charge >= 0.3 is 0 Å². The quantitative estimate of drug-likeness (QED) is 0.702. The highest BCUT2D eigenvalue weighted by molar-refractivity contribution is 5.47. The zero-order valence-electron chi connectivity index (χ0n) is 8.90. The summed E-state index contributed by atoms with van der Waals surface area (Å²) < 4.78 is 0. The van der Waals surface area contributed by atoms with E-state index in [1.54, 1.807) is 12.3 Å². The summed E-state index contributed by atoms with van der Waals surface area (Å²) in [5.41, 5.74) is 6.45. The van der Waals surface area contributed by atoms with Gasteiger partial charge in [-0.1, -0.05) is 6.92 Å². The summed E-state index contributed by atoms with van der Waals surface area (Å²) in [6.45, 7) is 1.89. The highest BCUT2D eigenvalue weighted by Crippen LogP contribution is 2.10. The Morgan fingerprint density at radius 2 is 2.31 bits per heavy atom. The van der Waals surface area contributed by atoms with Crippen LogP contribution in [-0.2, 0) is 0 Å². The molecule has 84 valence electrons. The largest absolute Gasteiger partial charge is 0.359 e. The van der Waals surface area contributed by atoms with Crippen LogP contribution in [0.1, 0.15) is 25.1 Å². The first-order valence-corrected chi connectivity index (χ1v) is 5.08. The molecular formula is C10H13N5O. The van der Waals surface area contributed by atoms with Gasteiger partial charge in [0, 0.05) is 6.20 Å². The molecule has 0 bridgehead atoms. The molecule has 1 unspecified atom stereocenters. The molecule has 0 aliphatic heterocycles. The molecule has 0 saturated heterocycles. The Kier molecular flexibility index (Phi) is 2.82. The lowest BCUT2D eigenvalue weighted by Gasteiger charge is -2.05. The molecule has 2 heterocycles. The van der Waals surface area contributed by atoms with E-state index in [-0.39, 0.29) is 17.3 Å². The van der Waals surface area contributed by atoms with Crippen molar-refractivity contribution in [1.29, 1.82) is 0 Å². The number of nitrogens with one attached hydrogen (secondary N) is 2. The summed E-state index contributed by atoms with van der Waals surface area (Å²) in [5, 5.41) is 7.80. The standard InChI is InChI=1S/C10H13N5O/c1-2-6(11)8-10(16)13-9(15-14-8)7-4-3-5-12-7/h3-6,12H,2,11H2,1H3,(H,13,15,16). The third kappa shape index (κ3) is 1.87. The molecule has 2 rings (SSSR count). The molecule has 1 atom stereocenters. The Bertz CT molecular complexity index is 516. The van der Waals surface area contributed by atoms with Gasteiger partial charge in [-0.3, -0.25) is 4.79 Å². The Morgan fingerprint density at radius 3 is 2.88 bits per heavy atom. The second-order valence-electron chi connectivity index (χ2n) is 3.49. The van der Waals surface area contributed by atoms with E-state index in [1.165, 1.54) is 0 Å². The molecule has 0 radical (unpaired) electrons. The van der Waals surface area contributed by atoms with E-state index in [0.717, 1.165) is 5.69 Å². The van der Waals surface area contributed by atoms with Gasteiger partial charge in [-0.05, 0) is 18.6 Å². The van der Waals surface area contributed by atoms with Crippen LogP contribution in [0.5, 0.6) is 0 Å². The Hall–Kier alpha value is -1.95. The van der Waals surface area contributed by atoms with Crippen molar-refractivity contribution in [2.24, 2.45) is 5.73 Å². The predicted molar refractivity (Wildman–Crippen MR) is 59.7 cm³/mol. The van der Waals surface area contributed by atoms with E-state index in [0.29, 0.717) is 12.2 Å². The summed E-state index contributed by atoms with van der Waals surface area (Å²) in [5.74, 6) is 0.419. The summed E-state index contributed by atoms with van der Waals surface area (Å²) in [7, 11) is 0. The average Bonchev–Trinajstić information content (AvgIpc) is 2.81. The third-order valence-electron chi connectivity index (χ3n) is 2.37. The van der Waals surface area contributed by atoms with Crippen molar-refractivity contribution in [3.05, 3.63) is 34.4 Å². The SMILES string of the molecule is CCC(N)c1nnc(-c2ccc[nH]2)[nH]c1=O. The zero-order valence-corrected chi connectivity index (χ0v) is 8.90. The van der Waals surface area contributed by atoms with Crippen molar-refractivity contribution in [1.82, 2.24) is 20.2 Å². The van der Waals surface area contributed by atoms with Crippen molar-refractivity contribution in [3.63, 3.8) is 0 Å². The topological polar surface area (TPSA) is 100 Å². The number of aromatic nitrogens is 4. The molecular weight excluding hydrogens is 206 g/mol.